The number of para-hydroxylation sites is 1. The summed E-state index contributed by atoms with van der Waals surface area (Å²) in [6.07, 6.45) is 0. The van der Waals surface area contributed by atoms with Gasteiger partial charge < -0.3 is 15.1 Å². The number of carbonyl (C=O) groups excluding carboxylic acids is 3. The van der Waals surface area contributed by atoms with Crippen LogP contribution in [-0.2, 0) is 14.8 Å². The summed E-state index contributed by atoms with van der Waals surface area (Å²) >= 11 is 0. The SMILES string of the molecule is CN(C)CCN1CCN(C(=O)CNC(=O)c2ccc(S(=O)(=O)Nc3ccccc3C(=O)c3ccccc3)cc2)CC1. The predicted octanol–water partition coefficient (Wildman–Crippen LogP) is 2.15. The van der Waals surface area contributed by atoms with Crippen molar-refractivity contribution in [2.45, 2.75) is 4.90 Å². The average Bonchev–Trinajstić information content (AvgIpc) is 2.99. The molecule has 1 heterocycles. The third kappa shape index (κ3) is 8.00. The van der Waals surface area contributed by atoms with Crippen molar-refractivity contribution in [2.75, 3.05) is 64.6 Å². The zero-order valence-corrected chi connectivity index (χ0v) is 24.1. The molecule has 0 radical (unpaired) electrons. The van der Waals surface area contributed by atoms with Gasteiger partial charge in [-0.2, -0.15) is 0 Å². The summed E-state index contributed by atoms with van der Waals surface area (Å²) in [7, 11) is 0.0112. The topological polar surface area (TPSA) is 119 Å². The number of carbonyl (C=O) groups is 3. The lowest BCUT2D eigenvalue weighted by Gasteiger charge is -2.35. The highest BCUT2D eigenvalue weighted by Crippen LogP contribution is 2.23. The minimum Gasteiger partial charge on any atom is -0.343 e. The minimum atomic E-state index is -4.05. The van der Waals surface area contributed by atoms with Crippen molar-refractivity contribution in [2.24, 2.45) is 0 Å². The average molecular weight is 578 g/mol. The summed E-state index contributed by atoms with van der Waals surface area (Å²) in [6.45, 7) is 4.59. The smallest absolute Gasteiger partial charge is 0.261 e. The number of ketones is 1. The summed E-state index contributed by atoms with van der Waals surface area (Å²) in [5.74, 6) is -0.937. The second-order valence-corrected chi connectivity index (χ2v) is 11.8. The molecule has 3 aromatic rings. The normalized spacial score (nSPS) is 14.1. The molecule has 216 valence electrons. The van der Waals surface area contributed by atoms with Gasteiger partial charge in [0, 0.05) is 56.0 Å². The Kier molecular flexibility index (Phi) is 9.87. The second kappa shape index (κ2) is 13.5. The van der Waals surface area contributed by atoms with Crippen molar-refractivity contribution < 1.29 is 22.8 Å². The quantitative estimate of drug-likeness (QED) is 0.335. The van der Waals surface area contributed by atoms with Gasteiger partial charge in [0.1, 0.15) is 0 Å². The van der Waals surface area contributed by atoms with Crippen LogP contribution in [-0.4, -0.2) is 101 Å². The third-order valence-corrected chi connectivity index (χ3v) is 8.25. The van der Waals surface area contributed by atoms with Crippen LogP contribution in [0.4, 0.5) is 5.69 Å². The van der Waals surface area contributed by atoms with E-state index in [-0.39, 0.29) is 39.9 Å². The fourth-order valence-corrected chi connectivity index (χ4v) is 5.52. The van der Waals surface area contributed by atoms with E-state index < -0.39 is 15.9 Å². The Bertz CT molecular complexity index is 1470. The van der Waals surface area contributed by atoms with E-state index in [2.05, 4.69) is 19.8 Å². The largest absolute Gasteiger partial charge is 0.343 e. The number of hydrogen-bond donors (Lipinski definition) is 2. The lowest BCUT2D eigenvalue weighted by molar-refractivity contribution is -0.131. The highest BCUT2D eigenvalue weighted by molar-refractivity contribution is 7.92. The van der Waals surface area contributed by atoms with Crippen LogP contribution in [0.5, 0.6) is 0 Å². The summed E-state index contributed by atoms with van der Waals surface area (Å²) in [4.78, 5) is 44.3. The first-order valence-corrected chi connectivity index (χ1v) is 14.9. The second-order valence-electron chi connectivity index (χ2n) is 10.1. The van der Waals surface area contributed by atoms with Crippen LogP contribution in [0.15, 0.2) is 83.8 Å². The van der Waals surface area contributed by atoms with Gasteiger partial charge in [-0.15, -0.1) is 0 Å². The van der Waals surface area contributed by atoms with Crippen LogP contribution in [0.1, 0.15) is 26.3 Å². The summed E-state index contributed by atoms with van der Waals surface area (Å²) < 4.78 is 28.7. The molecule has 0 atom stereocenters. The Hall–Kier alpha value is -4.06. The van der Waals surface area contributed by atoms with Gasteiger partial charge in [-0.25, -0.2) is 8.42 Å². The van der Waals surface area contributed by atoms with Gasteiger partial charge >= 0.3 is 0 Å². The Balaban J connectivity index is 1.33. The summed E-state index contributed by atoms with van der Waals surface area (Å²) in [5, 5.41) is 2.63. The molecule has 1 aliphatic rings. The first kappa shape index (κ1) is 29.9. The number of nitrogens with one attached hydrogen (secondary N) is 2. The monoisotopic (exact) mass is 577 g/mol. The maximum absolute atomic E-state index is 13.1. The fourth-order valence-electron chi connectivity index (χ4n) is 4.44. The van der Waals surface area contributed by atoms with Crippen molar-refractivity contribution in [1.82, 2.24) is 20.0 Å². The molecule has 1 saturated heterocycles. The van der Waals surface area contributed by atoms with Crippen LogP contribution >= 0.6 is 0 Å². The number of benzene rings is 3. The molecular formula is C30H35N5O5S. The van der Waals surface area contributed by atoms with Crippen molar-refractivity contribution in [3.63, 3.8) is 0 Å². The molecule has 11 heteroatoms. The molecule has 0 bridgehead atoms. The van der Waals surface area contributed by atoms with Crippen LogP contribution in [0, 0.1) is 0 Å². The molecule has 10 nitrogen and oxygen atoms in total. The number of likely N-dealkylation sites (N-methyl/N-ethyl adjacent to an activating group) is 1. The van der Waals surface area contributed by atoms with Gasteiger partial charge in [-0.3, -0.25) is 24.0 Å². The molecule has 3 aromatic carbocycles. The highest BCUT2D eigenvalue weighted by atomic mass is 32.2. The number of sulfonamides is 1. The fraction of sp³-hybridized carbons (Fsp3) is 0.300. The molecule has 41 heavy (non-hydrogen) atoms. The first-order chi connectivity index (χ1) is 19.6. The molecule has 2 amide bonds. The number of nitrogens with zero attached hydrogens (tertiary/aromatic N) is 3. The molecule has 4 rings (SSSR count). The molecular weight excluding hydrogens is 542 g/mol. The first-order valence-electron chi connectivity index (χ1n) is 13.4. The van der Waals surface area contributed by atoms with Crippen molar-refractivity contribution in [3.8, 4) is 0 Å². The number of anilines is 1. The number of amides is 2. The summed E-state index contributed by atoms with van der Waals surface area (Å²) in [6, 6.07) is 20.4. The summed E-state index contributed by atoms with van der Waals surface area (Å²) in [5.41, 5.74) is 1.04. The van der Waals surface area contributed by atoms with E-state index in [1.165, 1.54) is 30.3 Å². The van der Waals surface area contributed by atoms with Crippen LogP contribution in [0.25, 0.3) is 0 Å². The van der Waals surface area contributed by atoms with Crippen LogP contribution in [0.2, 0.25) is 0 Å². The lowest BCUT2D eigenvalue weighted by Crippen LogP contribution is -2.52. The minimum absolute atomic E-state index is 0.0702. The van der Waals surface area contributed by atoms with Crippen LogP contribution < -0.4 is 10.0 Å². The van der Waals surface area contributed by atoms with E-state index >= 15 is 0 Å². The van der Waals surface area contributed by atoms with Gasteiger partial charge in [0.05, 0.1) is 17.1 Å². The molecule has 0 aromatic heterocycles. The van der Waals surface area contributed by atoms with Gasteiger partial charge in [0.2, 0.25) is 5.91 Å². The lowest BCUT2D eigenvalue weighted by atomic mass is 10.0. The molecule has 0 aliphatic carbocycles. The van der Waals surface area contributed by atoms with E-state index in [1.807, 2.05) is 14.1 Å². The number of hydrogen-bond acceptors (Lipinski definition) is 7. The molecule has 0 unspecified atom stereocenters. The zero-order chi connectivity index (χ0) is 29.4. The van der Waals surface area contributed by atoms with Gasteiger partial charge in [-0.1, -0.05) is 42.5 Å². The molecule has 0 saturated carbocycles. The highest BCUT2D eigenvalue weighted by Gasteiger charge is 2.22. The zero-order valence-electron chi connectivity index (χ0n) is 23.2. The van der Waals surface area contributed by atoms with Gasteiger partial charge in [0.15, 0.2) is 5.78 Å². The van der Waals surface area contributed by atoms with E-state index in [9.17, 15) is 22.8 Å². The number of rotatable bonds is 11. The Labute approximate surface area is 241 Å². The van der Waals surface area contributed by atoms with E-state index in [0.717, 1.165) is 26.2 Å². The Morgan fingerprint density at radius 2 is 1.44 bits per heavy atom. The van der Waals surface area contributed by atoms with Crippen molar-refractivity contribution in [1.29, 1.82) is 0 Å². The van der Waals surface area contributed by atoms with Crippen molar-refractivity contribution >= 4 is 33.3 Å². The van der Waals surface area contributed by atoms with Gasteiger partial charge in [-0.05, 0) is 50.5 Å². The maximum Gasteiger partial charge on any atom is 0.261 e. The Morgan fingerprint density at radius 3 is 2.10 bits per heavy atom. The molecule has 2 N–H and O–H groups in total. The van der Waals surface area contributed by atoms with Gasteiger partial charge in [0.25, 0.3) is 15.9 Å². The molecule has 1 fully saturated rings. The van der Waals surface area contributed by atoms with E-state index in [0.29, 0.717) is 18.7 Å². The van der Waals surface area contributed by atoms with E-state index in [1.54, 1.807) is 53.4 Å². The maximum atomic E-state index is 13.1. The van der Waals surface area contributed by atoms with Crippen molar-refractivity contribution in [3.05, 3.63) is 95.6 Å². The standard InChI is InChI=1S/C30H35N5O5S/c1-33(2)16-17-34-18-20-35(21-19-34)28(36)22-31-30(38)24-12-14-25(15-13-24)41(39,40)32-27-11-7-6-10-26(27)29(37)23-8-4-3-5-9-23/h3-15,32H,16-22H2,1-2H3,(H,31,38). The van der Waals surface area contributed by atoms with Crippen LogP contribution in [0.3, 0.4) is 0 Å². The Morgan fingerprint density at radius 1 is 0.805 bits per heavy atom. The predicted molar refractivity (Wildman–Crippen MR) is 157 cm³/mol. The van der Waals surface area contributed by atoms with E-state index in [4.69, 9.17) is 0 Å². The number of piperazine rings is 1. The third-order valence-electron chi connectivity index (χ3n) is 6.87. The molecule has 0 spiro atoms. The molecule has 1 aliphatic heterocycles.